The minimum absolute atomic E-state index is 0.112. The smallest absolute Gasteiger partial charge is 0.224 e. The molecule has 3 nitrogen and oxygen atoms in total. The lowest BCUT2D eigenvalue weighted by Crippen LogP contribution is -2.30. The first-order valence-corrected chi connectivity index (χ1v) is 6.35. The number of benzene rings is 2. The largest absolute Gasteiger partial charge is 0.348 e. The maximum absolute atomic E-state index is 13.0. The van der Waals surface area contributed by atoms with Gasteiger partial charge in [-0.2, -0.15) is 0 Å². The highest BCUT2D eigenvalue weighted by atomic mass is 19.2. The van der Waals surface area contributed by atoms with Gasteiger partial charge in [0.15, 0.2) is 17.4 Å². The van der Waals surface area contributed by atoms with E-state index in [0.29, 0.717) is 11.1 Å². The van der Waals surface area contributed by atoms with E-state index < -0.39 is 17.5 Å². The summed E-state index contributed by atoms with van der Waals surface area (Å²) in [7, 11) is 0. The summed E-state index contributed by atoms with van der Waals surface area (Å²) in [6, 6.07) is 11.8. The molecule has 0 aliphatic rings. The van der Waals surface area contributed by atoms with Crippen LogP contribution in [0.2, 0.25) is 0 Å². The Kier molecular flexibility index (Phi) is 4.77. The number of Topliss-reactive ketones (excluding diaryl/α,β-unsaturated/α-hetero) is 1. The van der Waals surface area contributed by atoms with Gasteiger partial charge < -0.3 is 5.32 Å². The van der Waals surface area contributed by atoms with Crippen LogP contribution in [0.15, 0.2) is 48.5 Å². The molecule has 2 rings (SSSR count). The molecule has 5 heteroatoms. The van der Waals surface area contributed by atoms with Gasteiger partial charge in [0.1, 0.15) is 0 Å². The van der Waals surface area contributed by atoms with Crippen LogP contribution in [0.25, 0.3) is 0 Å². The second-order valence-electron chi connectivity index (χ2n) is 4.49. The van der Waals surface area contributed by atoms with Crippen LogP contribution >= 0.6 is 0 Å². The van der Waals surface area contributed by atoms with Crippen molar-refractivity contribution >= 4 is 11.7 Å². The van der Waals surface area contributed by atoms with Crippen LogP contribution < -0.4 is 5.32 Å². The minimum Gasteiger partial charge on any atom is -0.348 e. The van der Waals surface area contributed by atoms with Gasteiger partial charge in [-0.3, -0.25) is 9.59 Å². The molecule has 0 aliphatic carbocycles. The molecule has 2 aromatic rings. The minimum atomic E-state index is -0.999. The van der Waals surface area contributed by atoms with Crippen LogP contribution in [0.1, 0.15) is 15.9 Å². The molecule has 0 unspecified atom stereocenters. The molecule has 1 N–H and O–H groups in total. The third-order valence-electron chi connectivity index (χ3n) is 2.89. The summed E-state index contributed by atoms with van der Waals surface area (Å²) in [5.74, 6) is -2.60. The van der Waals surface area contributed by atoms with E-state index in [9.17, 15) is 18.4 Å². The Morgan fingerprint density at radius 2 is 1.67 bits per heavy atom. The molecule has 1 amide bonds. The molecule has 0 atom stereocenters. The molecule has 0 saturated carbocycles. The Morgan fingerprint density at radius 1 is 0.952 bits per heavy atom. The molecule has 0 spiro atoms. The summed E-state index contributed by atoms with van der Waals surface area (Å²) in [6.45, 7) is -0.132. The molecule has 21 heavy (non-hydrogen) atoms. The van der Waals surface area contributed by atoms with Crippen LogP contribution in [-0.2, 0) is 11.2 Å². The average molecular weight is 289 g/mol. The lowest BCUT2D eigenvalue weighted by atomic mass is 10.1. The van der Waals surface area contributed by atoms with E-state index in [4.69, 9.17) is 0 Å². The summed E-state index contributed by atoms with van der Waals surface area (Å²) in [5.41, 5.74) is 0.851. The first-order valence-electron chi connectivity index (χ1n) is 6.35. The molecule has 0 fully saturated rings. The van der Waals surface area contributed by atoms with Gasteiger partial charge in [0.05, 0.1) is 13.0 Å². The van der Waals surface area contributed by atoms with Gasteiger partial charge in [0.2, 0.25) is 5.91 Å². The Balaban J connectivity index is 1.87. The Morgan fingerprint density at radius 3 is 2.33 bits per heavy atom. The number of nitrogens with one attached hydrogen (secondary N) is 1. The Labute approximate surface area is 120 Å². The van der Waals surface area contributed by atoms with Crippen molar-refractivity contribution < 1.29 is 18.4 Å². The van der Waals surface area contributed by atoms with E-state index in [-0.39, 0.29) is 18.7 Å². The Hall–Kier alpha value is -2.56. The van der Waals surface area contributed by atoms with Crippen LogP contribution in [-0.4, -0.2) is 18.2 Å². The first-order chi connectivity index (χ1) is 10.1. The zero-order valence-corrected chi connectivity index (χ0v) is 11.1. The van der Waals surface area contributed by atoms with Crippen molar-refractivity contribution in [3.63, 3.8) is 0 Å². The van der Waals surface area contributed by atoms with Crippen LogP contribution in [0.4, 0.5) is 8.78 Å². The fraction of sp³-hybridized carbons (Fsp3) is 0.125. The highest BCUT2D eigenvalue weighted by Gasteiger charge is 2.10. The van der Waals surface area contributed by atoms with E-state index in [2.05, 4.69) is 5.32 Å². The predicted octanol–water partition coefficient (Wildman–Crippen LogP) is 2.51. The molecule has 108 valence electrons. The van der Waals surface area contributed by atoms with Gasteiger partial charge in [-0.25, -0.2) is 8.78 Å². The SMILES string of the molecule is O=C(Cc1ccc(F)c(F)c1)NCC(=O)c1ccccc1. The number of ketones is 1. The number of hydrogen-bond donors (Lipinski definition) is 1. The number of hydrogen-bond acceptors (Lipinski definition) is 2. The van der Waals surface area contributed by atoms with Crippen molar-refractivity contribution in [1.29, 1.82) is 0 Å². The number of halogens is 2. The Bertz CT molecular complexity index is 657. The van der Waals surface area contributed by atoms with Crippen LogP contribution in [0, 0.1) is 11.6 Å². The standard InChI is InChI=1S/C16H13F2NO2/c17-13-7-6-11(8-14(13)18)9-16(21)19-10-15(20)12-4-2-1-3-5-12/h1-8H,9-10H2,(H,19,21). The van der Waals surface area contributed by atoms with Crippen LogP contribution in [0.3, 0.4) is 0 Å². The quantitative estimate of drug-likeness (QED) is 0.860. The summed E-state index contributed by atoms with van der Waals surface area (Å²) in [6.07, 6.45) is -0.112. The van der Waals surface area contributed by atoms with Crippen molar-refractivity contribution in [3.05, 3.63) is 71.3 Å². The molecule has 0 aromatic heterocycles. The zero-order valence-electron chi connectivity index (χ0n) is 11.1. The first kappa shape index (κ1) is 14.8. The fourth-order valence-electron chi connectivity index (χ4n) is 1.80. The zero-order chi connectivity index (χ0) is 15.2. The van der Waals surface area contributed by atoms with Crippen molar-refractivity contribution in [2.24, 2.45) is 0 Å². The second-order valence-corrected chi connectivity index (χ2v) is 4.49. The maximum atomic E-state index is 13.0. The van der Waals surface area contributed by atoms with Crippen molar-refractivity contribution in [3.8, 4) is 0 Å². The number of carbonyl (C=O) groups excluding carboxylic acids is 2. The normalized spacial score (nSPS) is 10.2. The van der Waals surface area contributed by atoms with Gasteiger partial charge in [-0.05, 0) is 17.7 Å². The lowest BCUT2D eigenvalue weighted by molar-refractivity contribution is -0.120. The summed E-state index contributed by atoms with van der Waals surface area (Å²) >= 11 is 0. The number of carbonyl (C=O) groups is 2. The second kappa shape index (κ2) is 6.74. The average Bonchev–Trinajstić information content (AvgIpc) is 2.49. The third-order valence-corrected chi connectivity index (χ3v) is 2.89. The fourth-order valence-corrected chi connectivity index (χ4v) is 1.80. The summed E-state index contributed by atoms with van der Waals surface area (Å²) < 4.78 is 25.8. The van der Waals surface area contributed by atoms with Crippen molar-refractivity contribution in [2.45, 2.75) is 6.42 Å². The predicted molar refractivity (Wildman–Crippen MR) is 73.8 cm³/mol. The summed E-state index contributed by atoms with van der Waals surface area (Å²) in [5, 5.41) is 2.46. The van der Waals surface area contributed by atoms with Gasteiger partial charge in [-0.1, -0.05) is 36.4 Å². The highest BCUT2D eigenvalue weighted by molar-refractivity contribution is 5.99. The summed E-state index contributed by atoms with van der Waals surface area (Å²) in [4.78, 5) is 23.4. The van der Waals surface area contributed by atoms with Gasteiger partial charge in [0.25, 0.3) is 0 Å². The van der Waals surface area contributed by atoms with E-state index in [0.717, 1.165) is 12.1 Å². The van der Waals surface area contributed by atoms with Crippen LogP contribution in [0.5, 0.6) is 0 Å². The van der Waals surface area contributed by atoms with E-state index in [1.165, 1.54) is 6.07 Å². The molecular weight excluding hydrogens is 276 g/mol. The van der Waals surface area contributed by atoms with E-state index in [1.54, 1.807) is 30.3 Å². The molecule has 0 radical (unpaired) electrons. The maximum Gasteiger partial charge on any atom is 0.224 e. The molecule has 0 bridgehead atoms. The topological polar surface area (TPSA) is 46.2 Å². The molecule has 0 heterocycles. The third kappa shape index (κ3) is 4.21. The lowest BCUT2D eigenvalue weighted by Gasteiger charge is -2.05. The van der Waals surface area contributed by atoms with Gasteiger partial charge in [-0.15, -0.1) is 0 Å². The van der Waals surface area contributed by atoms with Gasteiger partial charge >= 0.3 is 0 Å². The highest BCUT2D eigenvalue weighted by Crippen LogP contribution is 2.09. The van der Waals surface area contributed by atoms with Crippen molar-refractivity contribution in [1.82, 2.24) is 5.32 Å². The number of amides is 1. The molecule has 0 saturated heterocycles. The molecular formula is C16H13F2NO2. The number of rotatable bonds is 5. The van der Waals surface area contributed by atoms with Gasteiger partial charge in [0, 0.05) is 5.56 Å². The van der Waals surface area contributed by atoms with Crippen molar-refractivity contribution in [2.75, 3.05) is 6.54 Å². The van der Waals surface area contributed by atoms with E-state index in [1.807, 2.05) is 0 Å². The van der Waals surface area contributed by atoms with E-state index >= 15 is 0 Å². The monoisotopic (exact) mass is 289 g/mol. The molecule has 2 aromatic carbocycles. The molecule has 0 aliphatic heterocycles.